The third-order valence-corrected chi connectivity index (χ3v) is 6.02. The van der Waals surface area contributed by atoms with Gasteiger partial charge in [0.1, 0.15) is 6.04 Å². The maximum Gasteiger partial charge on any atom is 0.273 e. The van der Waals surface area contributed by atoms with Gasteiger partial charge in [0.25, 0.3) is 5.91 Å². The molecule has 3 N–H and O–H groups in total. The molecule has 3 amide bonds. The van der Waals surface area contributed by atoms with Crippen molar-refractivity contribution in [3.05, 3.63) is 65.4 Å². The summed E-state index contributed by atoms with van der Waals surface area (Å²) < 4.78 is 1.74. The Morgan fingerprint density at radius 2 is 1.91 bits per heavy atom. The van der Waals surface area contributed by atoms with E-state index in [0.29, 0.717) is 24.0 Å². The average molecular weight is 473 g/mol. The van der Waals surface area contributed by atoms with E-state index in [2.05, 4.69) is 27.1 Å². The van der Waals surface area contributed by atoms with Gasteiger partial charge in [0, 0.05) is 18.4 Å². The van der Waals surface area contributed by atoms with E-state index >= 15 is 0 Å². The molecule has 0 spiro atoms. The van der Waals surface area contributed by atoms with Crippen molar-refractivity contribution in [1.82, 2.24) is 25.7 Å². The van der Waals surface area contributed by atoms with Crippen LogP contribution in [-0.2, 0) is 16.1 Å². The molecule has 4 rings (SSSR count). The van der Waals surface area contributed by atoms with Gasteiger partial charge in [-0.1, -0.05) is 51.1 Å². The number of para-hydroxylation sites is 1. The van der Waals surface area contributed by atoms with Crippen molar-refractivity contribution in [1.29, 1.82) is 5.26 Å². The lowest BCUT2D eigenvalue weighted by atomic mass is 9.85. The zero-order valence-corrected chi connectivity index (χ0v) is 20.0. The van der Waals surface area contributed by atoms with Crippen LogP contribution in [0.25, 0.3) is 10.9 Å². The van der Waals surface area contributed by atoms with Crippen LogP contribution in [0.3, 0.4) is 0 Å². The number of hydrogen-bond donors (Lipinski definition) is 3. The van der Waals surface area contributed by atoms with E-state index in [9.17, 15) is 14.4 Å². The number of amides is 3. The molecule has 2 aromatic carbocycles. The minimum absolute atomic E-state index is 0.106. The molecule has 2 atom stereocenters. The second-order valence-corrected chi connectivity index (χ2v) is 9.82. The van der Waals surface area contributed by atoms with E-state index in [1.165, 1.54) is 0 Å². The summed E-state index contributed by atoms with van der Waals surface area (Å²) in [5, 5.41) is 22.7. The minimum Gasteiger partial charge on any atom is -0.354 e. The number of nitrogens with one attached hydrogen (secondary N) is 3. The Hall–Kier alpha value is -4.19. The Kier molecular flexibility index (Phi) is 6.56. The largest absolute Gasteiger partial charge is 0.354 e. The van der Waals surface area contributed by atoms with Crippen LogP contribution in [0.4, 0.5) is 0 Å². The number of carbonyl (C=O) groups is 3. The summed E-state index contributed by atoms with van der Waals surface area (Å²) in [4.78, 5) is 38.0. The van der Waals surface area contributed by atoms with Gasteiger partial charge in [0.05, 0.1) is 29.7 Å². The highest BCUT2D eigenvalue weighted by atomic mass is 16.2. The molecule has 3 aromatic rings. The number of carbonyl (C=O) groups excluding carboxylic acids is 3. The summed E-state index contributed by atoms with van der Waals surface area (Å²) in [7, 11) is 0. The highest BCUT2D eigenvalue weighted by Crippen LogP contribution is 2.23. The fourth-order valence-corrected chi connectivity index (χ4v) is 4.14. The highest BCUT2D eigenvalue weighted by Gasteiger charge is 2.36. The summed E-state index contributed by atoms with van der Waals surface area (Å²) in [5.74, 6) is -0.893. The van der Waals surface area contributed by atoms with Crippen LogP contribution in [0.15, 0.2) is 48.5 Å². The molecule has 35 heavy (non-hydrogen) atoms. The molecule has 0 radical (unpaired) electrons. The number of hydrogen-bond acceptors (Lipinski definition) is 5. The molecule has 1 aliphatic heterocycles. The summed E-state index contributed by atoms with van der Waals surface area (Å²) in [6.45, 7) is 6.41. The first-order valence-electron chi connectivity index (χ1n) is 11.5. The van der Waals surface area contributed by atoms with Crippen molar-refractivity contribution in [3.8, 4) is 6.07 Å². The first-order chi connectivity index (χ1) is 16.7. The molecule has 2 heterocycles. The quantitative estimate of drug-likeness (QED) is 0.506. The molecule has 0 unspecified atom stereocenters. The number of benzene rings is 2. The van der Waals surface area contributed by atoms with Gasteiger partial charge in [0.2, 0.25) is 11.8 Å². The molecule has 1 fully saturated rings. The minimum atomic E-state index is -0.826. The predicted octanol–water partition coefficient (Wildman–Crippen LogP) is 2.11. The van der Waals surface area contributed by atoms with Gasteiger partial charge >= 0.3 is 0 Å². The summed E-state index contributed by atoms with van der Waals surface area (Å²) >= 11 is 0. The van der Waals surface area contributed by atoms with Crippen molar-refractivity contribution in [2.24, 2.45) is 5.41 Å². The van der Waals surface area contributed by atoms with Crippen LogP contribution in [-0.4, -0.2) is 46.1 Å². The van der Waals surface area contributed by atoms with Gasteiger partial charge in [0.15, 0.2) is 5.69 Å². The first kappa shape index (κ1) is 24.0. The second-order valence-electron chi connectivity index (χ2n) is 9.82. The SMILES string of the molecule is CC(C)(C)[C@H](NC(=O)c1nn(Cc2ccc(C#N)cc2)c2ccccc12)C(=O)N[C@H]1CNC(=O)C1. The third kappa shape index (κ3) is 5.32. The number of rotatable bonds is 6. The normalized spacial score (nSPS) is 16.4. The second kappa shape index (κ2) is 9.58. The number of nitriles is 1. The molecule has 9 nitrogen and oxygen atoms in total. The Bertz CT molecular complexity index is 1310. The molecule has 0 saturated carbocycles. The third-order valence-electron chi connectivity index (χ3n) is 6.02. The van der Waals surface area contributed by atoms with Gasteiger partial charge < -0.3 is 16.0 Å². The zero-order chi connectivity index (χ0) is 25.2. The standard InChI is InChI=1S/C26H28N6O3/c1-26(2,3)23(25(35)29-18-12-21(33)28-14-18)30-24(34)22-19-6-4-5-7-20(19)32(31-22)15-17-10-8-16(13-27)9-11-17/h4-11,18,23H,12,14-15H2,1-3H3,(H,28,33)(H,29,35)(H,30,34)/t18-,23-/m1/s1. The molecule has 9 heteroatoms. The van der Waals surface area contributed by atoms with Crippen molar-refractivity contribution >= 4 is 28.6 Å². The van der Waals surface area contributed by atoms with Crippen LogP contribution in [0.2, 0.25) is 0 Å². The Morgan fingerprint density at radius 1 is 1.20 bits per heavy atom. The van der Waals surface area contributed by atoms with E-state index < -0.39 is 17.4 Å². The molecule has 0 bridgehead atoms. The van der Waals surface area contributed by atoms with Gasteiger partial charge in [-0.2, -0.15) is 10.4 Å². The molecular weight excluding hydrogens is 444 g/mol. The van der Waals surface area contributed by atoms with E-state index in [-0.39, 0.29) is 30.0 Å². The topological polar surface area (TPSA) is 129 Å². The molecule has 0 aliphatic carbocycles. The van der Waals surface area contributed by atoms with Crippen molar-refractivity contribution < 1.29 is 14.4 Å². The van der Waals surface area contributed by atoms with Gasteiger partial charge in [-0.25, -0.2) is 0 Å². The van der Waals surface area contributed by atoms with Crippen LogP contribution in [0.5, 0.6) is 0 Å². The summed E-state index contributed by atoms with van der Waals surface area (Å²) in [6, 6.07) is 15.6. The van der Waals surface area contributed by atoms with E-state index in [0.717, 1.165) is 11.1 Å². The average Bonchev–Trinajstić information content (AvgIpc) is 3.40. The number of nitrogens with zero attached hydrogens (tertiary/aromatic N) is 3. The van der Waals surface area contributed by atoms with Gasteiger partial charge in [-0.15, -0.1) is 0 Å². The van der Waals surface area contributed by atoms with Gasteiger partial charge in [-0.05, 0) is 29.2 Å². The van der Waals surface area contributed by atoms with Gasteiger partial charge in [-0.3, -0.25) is 19.1 Å². The van der Waals surface area contributed by atoms with Crippen LogP contribution >= 0.6 is 0 Å². The zero-order valence-electron chi connectivity index (χ0n) is 20.0. The first-order valence-corrected chi connectivity index (χ1v) is 11.5. The Morgan fingerprint density at radius 3 is 2.54 bits per heavy atom. The fourth-order valence-electron chi connectivity index (χ4n) is 4.14. The molecule has 1 saturated heterocycles. The Balaban J connectivity index is 1.58. The maximum absolute atomic E-state index is 13.4. The number of fused-ring (bicyclic) bond motifs is 1. The molecule has 1 aromatic heterocycles. The van der Waals surface area contributed by atoms with E-state index in [1.807, 2.05) is 57.2 Å². The molecular formula is C26H28N6O3. The lowest BCUT2D eigenvalue weighted by Crippen LogP contribution is -2.55. The van der Waals surface area contributed by atoms with Crippen LogP contribution in [0, 0.1) is 16.7 Å². The van der Waals surface area contributed by atoms with E-state index in [1.54, 1.807) is 16.8 Å². The van der Waals surface area contributed by atoms with Crippen molar-refractivity contribution in [2.45, 2.75) is 45.8 Å². The maximum atomic E-state index is 13.4. The molecule has 1 aliphatic rings. The van der Waals surface area contributed by atoms with E-state index in [4.69, 9.17) is 5.26 Å². The summed E-state index contributed by atoms with van der Waals surface area (Å²) in [5.41, 5.74) is 1.96. The van der Waals surface area contributed by atoms with Crippen molar-refractivity contribution in [2.75, 3.05) is 6.54 Å². The Labute approximate surface area is 203 Å². The van der Waals surface area contributed by atoms with Crippen LogP contribution < -0.4 is 16.0 Å². The lowest BCUT2D eigenvalue weighted by Gasteiger charge is -2.31. The van der Waals surface area contributed by atoms with Crippen LogP contribution in [0.1, 0.15) is 48.8 Å². The summed E-state index contributed by atoms with van der Waals surface area (Å²) in [6.07, 6.45) is 0.223. The van der Waals surface area contributed by atoms with Crippen molar-refractivity contribution in [3.63, 3.8) is 0 Å². The highest BCUT2D eigenvalue weighted by molar-refractivity contribution is 6.06. The fraction of sp³-hybridized carbons (Fsp3) is 0.346. The monoisotopic (exact) mass is 472 g/mol. The number of aromatic nitrogens is 2. The molecule has 180 valence electrons. The smallest absolute Gasteiger partial charge is 0.273 e. The predicted molar refractivity (Wildman–Crippen MR) is 130 cm³/mol. The lowest BCUT2D eigenvalue weighted by molar-refractivity contribution is -0.126.